The first-order valence-electron chi connectivity index (χ1n) is 9.15. The molecule has 3 aromatic rings. The van der Waals surface area contributed by atoms with E-state index in [4.69, 9.17) is 4.42 Å². The number of hydrogen-bond donors (Lipinski definition) is 2. The highest BCUT2D eigenvalue weighted by Crippen LogP contribution is 2.19. The van der Waals surface area contributed by atoms with Gasteiger partial charge < -0.3 is 9.73 Å². The van der Waals surface area contributed by atoms with Crippen molar-refractivity contribution in [2.45, 2.75) is 25.4 Å². The molecule has 28 heavy (non-hydrogen) atoms. The lowest BCUT2D eigenvalue weighted by molar-refractivity contribution is 0.0904. The van der Waals surface area contributed by atoms with Crippen LogP contribution in [0, 0.1) is 11.6 Å². The van der Waals surface area contributed by atoms with E-state index < -0.39 is 11.6 Å². The summed E-state index contributed by atoms with van der Waals surface area (Å²) in [5.41, 5.74) is 1.70. The number of H-pyrrole nitrogens is 1. The Hall–Kier alpha value is -3.00. The molecule has 0 bridgehead atoms. The number of hydrogen-bond acceptors (Lipinski definition) is 4. The van der Waals surface area contributed by atoms with Crippen molar-refractivity contribution in [1.29, 1.82) is 0 Å². The van der Waals surface area contributed by atoms with Gasteiger partial charge in [0.05, 0.1) is 6.26 Å². The fourth-order valence-corrected chi connectivity index (χ4v) is 3.39. The molecular formula is C20H20F2N4O2. The van der Waals surface area contributed by atoms with Gasteiger partial charge in [-0.1, -0.05) is 6.07 Å². The van der Waals surface area contributed by atoms with E-state index in [1.807, 2.05) is 0 Å². The summed E-state index contributed by atoms with van der Waals surface area (Å²) in [6.07, 6.45) is 3.12. The van der Waals surface area contributed by atoms with Crippen molar-refractivity contribution in [3.8, 4) is 11.5 Å². The van der Waals surface area contributed by atoms with Crippen molar-refractivity contribution >= 4 is 5.91 Å². The molecular weight excluding hydrogens is 366 g/mol. The highest BCUT2D eigenvalue weighted by molar-refractivity contribution is 5.93. The number of halogens is 2. The molecule has 4 rings (SSSR count). The van der Waals surface area contributed by atoms with Crippen LogP contribution in [0.4, 0.5) is 8.78 Å². The first-order valence-corrected chi connectivity index (χ1v) is 9.15. The molecule has 0 saturated carbocycles. The lowest BCUT2D eigenvalue weighted by Crippen LogP contribution is -2.44. The highest BCUT2D eigenvalue weighted by Gasteiger charge is 2.22. The van der Waals surface area contributed by atoms with Gasteiger partial charge in [-0.15, -0.1) is 0 Å². The lowest BCUT2D eigenvalue weighted by atomic mass is 10.0. The van der Waals surface area contributed by atoms with Gasteiger partial charge in [-0.05, 0) is 42.7 Å². The van der Waals surface area contributed by atoms with Gasteiger partial charge >= 0.3 is 0 Å². The van der Waals surface area contributed by atoms with E-state index in [9.17, 15) is 13.6 Å². The largest absolute Gasteiger partial charge is 0.463 e. The number of rotatable bonds is 5. The van der Waals surface area contributed by atoms with Crippen LogP contribution in [-0.4, -0.2) is 40.1 Å². The SMILES string of the molecule is O=C(NC1CCN(Cc2ccc(F)c(F)c2)CC1)c1cc(-c2ccco2)[nH]n1. The van der Waals surface area contributed by atoms with Crippen LogP contribution in [-0.2, 0) is 6.54 Å². The molecule has 0 unspecified atom stereocenters. The number of aromatic amines is 1. The molecule has 1 aliphatic rings. The van der Waals surface area contributed by atoms with Crippen LogP contribution >= 0.6 is 0 Å². The monoisotopic (exact) mass is 386 g/mol. The van der Waals surface area contributed by atoms with Gasteiger partial charge in [0.1, 0.15) is 5.69 Å². The molecule has 1 aromatic carbocycles. The summed E-state index contributed by atoms with van der Waals surface area (Å²) < 4.78 is 31.7. The predicted molar refractivity (Wildman–Crippen MR) is 98.4 cm³/mol. The average Bonchev–Trinajstić information content (AvgIpc) is 3.38. The molecule has 2 N–H and O–H groups in total. The van der Waals surface area contributed by atoms with Gasteiger partial charge in [0.2, 0.25) is 0 Å². The lowest BCUT2D eigenvalue weighted by Gasteiger charge is -2.32. The minimum Gasteiger partial charge on any atom is -0.463 e. The zero-order chi connectivity index (χ0) is 19.5. The number of aromatic nitrogens is 2. The normalized spacial score (nSPS) is 15.6. The fourth-order valence-electron chi connectivity index (χ4n) is 3.39. The fraction of sp³-hybridized carbons (Fsp3) is 0.300. The van der Waals surface area contributed by atoms with Crippen molar-refractivity contribution in [3.63, 3.8) is 0 Å². The molecule has 2 aromatic heterocycles. The highest BCUT2D eigenvalue weighted by atomic mass is 19.2. The quantitative estimate of drug-likeness (QED) is 0.705. The van der Waals surface area contributed by atoms with Crippen molar-refractivity contribution in [2.24, 2.45) is 0 Å². The second-order valence-corrected chi connectivity index (χ2v) is 6.92. The summed E-state index contributed by atoms with van der Waals surface area (Å²) in [6, 6.07) is 9.25. The van der Waals surface area contributed by atoms with Gasteiger partial charge in [-0.3, -0.25) is 14.8 Å². The van der Waals surface area contributed by atoms with E-state index in [1.54, 1.807) is 30.5 Å². The number of piperidine rings is 1. The van der Waals surface area contributed by atoms with Gasteiger partial charge in [0, 0.05) is 31.7 Å². The second kappa shape index (κ2) is 7.93. The summed E-state index contributed by atoms with van der Waals surface area (Å²) in [4.78, 5) is 14.6. The molecule has 1 saturated heterocycles. The van der Waals surface area contributed by atoms with Crippen molar-refractivity contribution in [1.82, 2.24) is 20.4 Å². The van der Waals surface area contributed by atoms with Gasteiger partial charge in [0.25, 0.3) is 5.91 Å². The summed E-state index contributed by atoms with van der Waals surface area (Å²) in [5.74, 6) is -1.27. The second-order valence-electron chi connectivity index (χ2n) is 6.92. The topological polar surface area (TPSA) is 74.2 Å². The summed E-state index contributed by atoms with van der Waals surface area (Å²) >= 11 is 0. The van der Waals surface area contributed by atoms with Crippen LogP contribution in [0.3, 0.4) is 0 Å². The van der Waals surface area contributed by atoms with E-state index in [-0.39, 0.29) is 11.9 Å². The standard InChI is InChI=1S/C20H20F2N4O2/c21-15-4-3-13(10-16(15)22)12-26-7-5-14(6-8-26)23-20(27)18-11-17(24-25-18)19-2-1-9-28-19/h1-4,9-11,14H,5-8,12H2,(H,23,27)(H,24,25). The molecule has 1 amide bonds. The molecule has 6 nitrogen and oxygen atoms in total. The molecule has 0 spiro atoms. The minimum absolute atomic E-state index is 0.0532. The van der Waals surface area contributed by atoms with Gasteiger partial charge in [-0.25, -0.2) is 8.78 Å². The molecule has 1 aliphatic heterocycles. The van der Waals surface area contributed by atoms with Crippen LogP contribution in [0.1, 0.15) is 28.9 Å². The maximum Gasteiger partial charge on any atom is 0.272 e. The Bertz CT molecular complexity index is 947. The van der Waals surface area contributed by atoms with Crippen LogP contribution in [0.2, 0.25) is 0 Å². The number of carbonyl (C=O) groups excluding carboxylic acids is 1. The summed E-state index contributed by atoms with van der Waals surface area (Å²) in [7, 11) is 0. The van der Waals surface area contributed by atoms with E-state index in [0.29, 0.717) is 23.7 Å². The van der Waals surface area contributed by atoms with E-state index in [0.717, 1.165) is 37.6 Å². The van der Waals surface area contributed by atoms with Crippen LogP contribution < -0.4 is 5.32 Å². The number of amides is 1. The third-order valence-corrected chi connectivity index (χ3v) is 4.91. The maximum absolute atomic E-state index is 13.3. The Kier molecular flexibility index (Phi) is 5.21. The van der Waals surface area contributed by atoms with Crippen LogP contribution in [0.25, 0.3) is 11.5 Å². The van der Waals surface area contributed by atoms with E-state index in [2.05, 4.69) is 20.4 Å². The third kappa shape index (κ3) is 4.12. The first kappa shape index (κ1) is 18.4. The predicted octanol–water partition coefficient (Wildman–Crippen LogP) is 3.34. The molecule has 1 fully saturated rings. The molecule has 0 radical (unpaired) electrons. The number of likely N-dealkylation sites (tertiary alicyclic amines) is 1. The number of benzene rings is 1. The smallest absolute Gasteiger partial charge is 0.272 e. The Morgan fingerprint density at radius 2 is 2.04 bits per heavy atom. The maximum atomic E-state index is 13.3. The minimum atomic E-state index is -0.834. The summed E-state index contributed by atoms with van der Waals surface area (Å²) in [5, 5.41) is 9.86. The van der Waals surface area contributed by atoms with Gasteiger partial charge in [-0.2, -0.15) is 5.10 Å². The molecule has 146 valence electrons. The number of carbonyl (C=O) groups is 1. The Labute approximate surface area is 160 Å². The molecule has 0 aliphatic carbocycles. The van der Waals surface area contributed by atoms with Crippen LogP contribution in [0.15, 0.2) is 47.1 Å². The molecule has 8 heteroatoms. The van der Waals surface area contributed by atoms with Crippen molar-refractivity contribution < 1.29 is 18.0 Å². The molecule has 3 heterocycles. The van der Waals surface area contributed by atoms with E-state index >= 15 is 0 Å². The Morgan fingerprint density at radius 1 is 1.21 bits per heavy atom. The zero-order valence-electron chi connectivity index (χ0n) is 15.1. The van der Waals surface area contributed by atoms with Crippen molar-refractivity contribution in [3.05, 3.63) is 65.6 Å². The third-order valence-electron chi connectivity index (χ3n) is 4.91. The van der Waals surface area contributed by atoms with Crippen LogP contribution in [0.5, 0.6) is 0 Å². The van der Waals surface area contributed by atoms with E-state index in [1.165, 1.54) is 6.07 Å². The van der Waals surface area contributed by atoms with Gasteiger partial charge in [0.15, 0.2) is 23.1 Å². The zero-order valence-corrected chi connectivity index (χ0v) is 15.1. The number of furan rings is 1. The Morgan fingerprint density at radius 3 is 2.75 bits per heavy atom. The Balaban J connectivity index is 1.28. The molecule has 0 atom stereocenters. The van der Waals surface area contributed by atoms with Crippen molar-refractivity contribution in [2.75, 3.05) is 13.1 Å². The first-order chi connectivity index (χ1) is 13.6. The summed E-state index contributed by atoms with van der Waals surface area (Å²) in [6.45, 7) is 2.09. The number of nitrogens with one attached hydrogen (secondary N) is 2. The number of nitrogens with zero attached hydrogens (tertiary/aromatic N) is 2. The average molecular weight is 386 g/mol.